The molecule has 1 atom stereocenters. The summed E-state index contributed by atoms with van der Waals surface area (Å²) < 4.78 is 7.20. The van der Waals surface area contributed by atoms with Gasteiger partial charge in [0.25, 0.3) is 0 Å². The van der Waals surface area contributed by atoms with Gasteiger partial charge in [0.2, 0.25) is 10.8 Å². The van der Waals surface area contributed by atoms with E-state index in [2.05, 4.69) is 38.9 Å². The molecule has 0 radical (unpaired) electrons. The minimum atomic E-state index is -0.0248. The lowest BCUT2D eigenvalue weighted by molar-refractivity contribution is 0.113. The van der Waals surface area contributed by atoms with Crippen LogP contribution >= 0.6 is 11.3 Å². The molecule has 1 aliphatic heterocycles. The Kier molecular flexibility index (Phi) is 6.03. The van der Waals surface area contributed by atoms with Gasteiger partial charge in [0.15, 0.2) is 5.82 Å². The van der Waals surface area contributed by atoms with Crippen LogP contribution in [0.4, 0.5) is 0 Å². The van der Waals surface area contributed by atoms with E-state index >= 15 is 0 Å². The Bertz CT molecular complexity index is 944. The van der Waals surface area contributed by atoms with Gasteiger partial charge >= 0.3 is 0 Å². The molecule has 8 heteroatoms. The lowest BCUT2D eigenvalue weighted by Gasteiger charge is -2.38. The third-order valence-corrected chi connectivity index (χ3v) is 6.61. The summed E-state index contributed by atoms with van der Waals surface area (Å²) in [6, 6.07) is 8.21. The van der Waals surface area contributed by atoms with Crippen LogP contribution in [-0.2, 0) is 6.42 Å². The van der Waals surface area contributed by atoms with Gasteiger partial charge in [-0.3, -0.25) is 4.90 Å². The zero-order chi connectivity index (χ0) is 20.4. The maximum absolute atomic E-state index is 11.0. The number of aryl methyl sites for hydroxylation is 1. The number of likely N-dealkylation sites (N-methyl/N-ethyl adjacent to an activating group) is 1. The molecule has 0 saturated carbocycles. The fourth-order valence-electron chi connectivity index (χ4n) is 3.90. The number of benzene rings is 1. The summed E-state index contributed by atoms with van der Waals surface area (Å²) in [6.45, 7) is 11.9. The number of ether oxygens (including phenoxy) is 1. The second-order valence-electron chi connectivity index (χ2n) is 7.24. The Labute approximate surface area is 175 Å². The maximum Gasteiger partial charge on any atom is 0.230 e. The van der Waals surface area contributed by atoms with Crippen molar-refractivity contribution in [1.82, 2.24) is 24.4 Å². The van der Waals surface area contributed by atoms with E-state index in [9.17, 15) is 5.11 Å². The van der Waals surface area contributed by atoms with Gasteiger partial charge < -0.3 is 14.7 Å². The van der Waals surface area contributed by atoms with Crippen LogP contribution in [0, 0.1) is 0 Å². The standard InChI is InChI=1S/C21H29N5O2S/c1-4-17-22-21-26(23-17)20(27)19(29-21)18(25-13-11-24(5-2)12-14-25)15-7-9-16(10-8-15)28-6-3/h7-10,18,27H,4-6,11-14H2,1-3H3. The molecule has 1 fully saturated rings. The monoisotopic (exact) mass is 415 g/mol. The number of nitrogens with zero attached hydrogens (tertiary/aromatic N) is 5. The van der Waals surface area contributed by atoms with Crippen molar-refractivity contribution in [1.29, 1.82) is 0 Å². The van der Waals surface area contributed by atoms with E-state index in [1.165, 1.54) is 11.3 Å². The summed E-state index contributed by atoms with van der Waals surface area (Å²) in [4.78, 5) is 11.1. The summed E-state index contributed by atoms with van der Waals surface area (Å²) in [5.74, 6) is 1.83. The summed E-state index contributed by atoms with van der Waals surface area (Å²) in [7, 11) is 0. The van der Waals surface area contributed by atoms with Crippen molar-refractivity contribution in [3.05, 3.63) is 40.5 Å². The zero-order valence-electron chi connectivity index (χ0n) is 17.3. The van der Waals surface area contributed by atoms with Crippen LogP contribution in [0.5, 0.6) is 11.6 Å². The smallest absolute Gasteiger partial charge is 0.230 e. The predicted molar refractivity (Wildman–Crippen MR) is 115 cm³/mol. The molecule has 3 aromatic rings. The van der Waals surface area contributed by atoms with Gasteiger partial charge in [-0.15, -0.1) is 5.10 Å². The van der Waals surface area contributed by atoms with Crippen molar-refractivity contribution in [3.8, 4) is 11.6 Å². The maximum atomic E-state index is 11.0. The van der Waals surface area contributed by atoms with Gasteiger partial charge in [0.05, 0.1) is 17.5 Å². The van der Waals surface area contributed by atoms with E-state index in [4.69, 9.17) is 4.74 Å². The van der Waals surface area contributed by atoms with Crippen molar-refractivity contribution in [2.45, 2.75) is 33.2 Å². The van der Waals surface area contributed by atoms with Crippen LogP contribution in [0.15, 0.2) is 24.3 Å². The third-order valence-electron chi connectivity index (χ3n) is 5.53. The molecule has 1 N–H and O–H groups in total. The molecule has 1 aliphatic rings. The molecule has 1 unspecified atom stereocenters. The van der Waals surface area contributed by atoms with Gasteiger partial charge in [-0.1, -0.05) is 37.3 Å². The molecule has 0 bridgehead atoms. The van der Waals surface area contributed by atoms with E-state index in [1.807, 2.05) is 26.0 Å². The van der Waals surface area contributed by atoms with Crippen molar-refractivity contribution in [2.24, 2.45) is 0 Å². The molecule has 0 spiro atoms. The van der Waals surface area contributed by atoms with E-state index in [1.54, 1.807) is 4.52 Å². The lowest BCUT2D eigenvalue weighted by atomic mass is 10.0. The summed E-state index contributed by atoms with van der Waals surface area (Å²) in [5.41, 5.74) is 1.15. The molecule has 29 heavy (non-hydrogen) atoms. The van der Waals surface area contributed by atoms with Crippen LogP contribution in [0.25, 0.3) is 4.96 Å². The lowest BCUT2D eigenvalue weighted by Crippen LogP contribution is -2.47. The van der Waals surface area contributed by atoms with Crippen LogP contribution < -0.4 is 4.74 Å². The van der Waals surface area contributed by atoms with Gasteiger partial charge in [0, 0.05) is 32.6 Å². The number of aromatic hydroxyl groups is 1. The minimum Gasteiger partial charge on any atom is -0.494 e. The van der Waals surface area contributed by atoms with Crippen molar-refractivity contribution < 1.29 is 9.84 Å². The number of hydrogen-bond donors (Lipinski definition) is 1. The first-order valence-corrected chi connectivity index (χ1v) is 11.2. The number of rotatable bonds is 7. The Hall–Kier alpha value is -2.16. The molecule has 156 valence electrons. The minimum absolute atomic E-state index is 0.0248. The molecule has 2 aromatic heterocycles. The first-order valence-electron chi connectivity index (χ1n) is 10.4. The highest BCUT2D eigenvalue weighted by molar-refractivity contribution is 7.17. The van der Waals surface area contributed by atoms with Crippen molar-refractivity contribution in [2.75, 3.05) is 39.3 Å². The summed E-state index contributed by atoms with van der Waals surface area (Å²) >= 11 is 1.53. The van der Waals surface area contributed by atoms with Gasteiger partial charge in [-0.2, -0.15) is 4.52 Å². The molecule has 0 aliphatic carbocycles. The van der Waals surface area contributed by atoms with E-state index < -0.39 is 0 Å². The number of aromatic nitrogens is 3. The number of hydrogen-bond acceptors (Lipinski definition) is 7. The van der Waals surface area contributed by atoms with Crippen molar-refractivity contribution >= 4 is 16.3 Å². The molecule has 0 amide bonds. The molecule has 7 nitrogen and oxygen atoms in total. The molecule has 1 saturated heterocycles. The van der Waals surface area contributed by atoms with Crippen LogP contribution in [0.1, 0.15) is 43.1 Å². The topological polar surface area (TPSA) is 66.1 Å². The normalized spacial score (nSPS) is 17.1. The first kappa shape index (κ1) is 20.1. The van der Waals surface area contributed by atoms with E-state index in [0.717, 1.165) is 66.1 Å². The van der Waals surface area contributed by atoms with E-state index in [-0.39, 0.29) is 11.9 Å². The van der Waals surface area contributed by atoms with Gasteiger partial charge in [-0.25, -0.2) is 4.98 Å². The SMILES string of the molecule is CCOc1ccc(C(c2sc3nc(CC)nn3c2O)N2CCN(CC)CC2)cc1. The highest BCUT2D eigenvalue weighted by Crippen LogP contribution is 2.40. The average Bonchev–Trinajstić information content (AvgIpc) is 3.29. The highest BCUT2D eigenvalue weighted by Gasteiger charge is 2.31. The second kappa shape index (κ2) is 8.69. The second-order valence-corrected chi connectivity index (χ2v) is 8.25. The zero-order valence-corrected chi connectivity index (χ0v) is 18.2. The Morgan fingerprint density at radius 1 is 1.10 bits per heavy atom. The third kappa shape index (κ3) is 3.97. The number of fused-ring (bicyclic) bond motifs is 1. The fourth-order valence-corrected chi connectivity index (χ4v) is 5.03. The van der Waals surface area contributed by atoms with Gasteiger partial charge in [0.1, 0.15) is 5.75 Å². The summed E-state index contributed by atoms with van der Waals surface area (Å²) in [5, 5.41) is 15.5. The molecular weight excluding hydrogens is 386 g/mol. The van der Waals surface area contributed by atoms with Crippen molar-refractivity contribution in [3.63, 3.8) is 0 Å². The Balaban J connectivity index is 1.72. The molecule has 4 rings (SSSR count). The number of piperazine rings is 1. The molecular formula is C21H29N5O2S. The van der Waals surface area contributed by atoms with Crippen LogP contribution in [0.3, 0.4) is 0 Å². The molecule has 1 aromatic carbocycles. The highest BCUT2D eigenvalue weighted by atomic mass is 32.1. The quantitative estimate of drug-likeness (QED) is 0.639. The van der Waals surface area contributed by atoms with E-state index in [0.29, 0.717) is 6.61 Å². The molecule has 3 heterocycles. The first-order chi connectivity index (χ1) is 14.1. The number of thiazole rings is 1. The Morgan fingerprint density at radius 3 is 2.41 bits per heavy atom. The predicted octanol–water partition coefficient (Wildman–Crippen LogP) is 3.18. The Morgan fingerprint density at radius 2 is 1.83 bits per heavy atom. The average molecular weight is 416 g/mol. The fraction of sp³-hybridized carbons (Fsp3) is 0.524. The van der Waals surface area contributed by atoms with Gasteiger partial charge in [-0.05, 0) is 31.2 Å². The summed E-state index contributed by atoms with van der Waals surface area (Å²) in [6.07, 6.45) is 0.754. The largest absolute Gasteiger partial charge is 0.494 e. The van der Waals surface area contributed by atoms with Crippen LogP contribution in [0.2, 0.25) is 0 Å². The van der Waals surface area contributed by atoms with Crippen LogP contribution in [-0.4, -0.2) is 68.8 Å².